The first kappa shape index (κ1) is 11.9. The second kappa shape index (κ2) is 5.16. The SMILES string of the molecule is CC(Nc1nnc(CN)o1)c1ccc(Cl)cc1. The van der Waals surface area contributed by atoms with Crippen molar-refractivity contribution in [3.63, 3.8) is 0 Å². The molecular weight excluding hydrogens is 240 g/mol. The molecule has 0 aliphatic heterocycles. The molecule has 2 aromatic rings. The third kappa shape index (κ3) is 2.95. The first-order chi connectivity index (χ1) is 8.19. The van der Waals surface area contributed by atoms with Crippen LogP contribution in [0, 0.1) is 0 Å². The molecule has 1 aromatic heterocycles. The van der Waals surface area contributed by atoms with Crippen molar-refractivity contribution in [2.75, 3.05) is 5.32 Å². The molecule has 90 valence electrons. The molecule has 0 radical (unpaired) electrons. The fourth-order valence-corrected chi connectivity index (χ4v) is 1.54. The fraction of sp³-hybridized carbons (Fsp3) is 0.273. The van der Waals surface area contributed by atoms with Gasteiger partial charge in [0.2, 0.25) is 5.89 Å². The number of rotatable bonds is 4. The van der Waals surface area contributed by atoms with E-state index in [1.165, 1.54) is 0 Å². The van der Waals surface area contributed by atoms with Crippen LogP contribution in [-0.4, -0.2) is 10.2 Å². The lowest BCUT2D eigenvalue weighted by atomic mass is 10.1. The molecule has 2 rings (SSSR count). The van der Waals surface area contributed by atoms with E-state index in [4.69, 9.17) is 21.8 Å². The van der Waals surface area contributed by atoms with E-state index in [9.17, 15) is 0 Å². The van der Waals surface area contributed by atoms with Crippen LogP contribution in [0.2, 0.25) is 5.02 Å². The molecular formula is C11H13ClN4O. The number of benzene rings is 1. The zero-order valence-electron chi connectivity index (χ0n) is 9.35. The molecule has 0 saturated carbocycles. The Kier molecular flexibility index (Phi) is 3.61. The van der Waals surface area contributed by atoms with Gasteiger partial charge in [0.1, 0.15) is 0 Å². The van der Waals surface area contributed by atoms with Crippen molar-refractivity contribution in [3.05, 3.63) is 40.7 Å². The highest BCUT2D eigenvalue weighted by molar-refractivity contribution is 6.30. The Bertz CT molecular complexity index is 482. The van der Waals surface area contributed by atoms with Gasteiger partial charge in [-0.15, -0.1) is 5.10 Å². The summed E-state index contributed by atoms with van der Waals surface area (Å²) in [6.07, 6.45) is 0. The molecule has 17 heavy (non-hydrogen) atoms. The van der Waals surface area contributed by atoms with Gasteiger partial charge in [0.25, 0.3) is 0 Å². The predicted octanol–water partition coefficient (Wildman–Crippen LogP) is 2.35. The van der Waals surface area contributed by atoms with Crippen LogP contribution in [0.25, 0.3) is 0 Å². The average molecular weight is 253 g/mol. The van der Waals surface area contributed by atoms with E-state index in [1.807, 2.05) is 31.2 Å². The minimum absolute atomic E-state index is 0.0540. The highest BCUT2D eigenvalue weighted by Gasteiger charge is 2.09. The van der Waals surface area contributed by atoms with Crippen LogP contribution < -0.4 is 11.1 Å². The van der Waals surface area contributed by atoms with Gasteiger partial charge in [0, 0.05) is 5.02 Å². The summed E-state index contributed by atoms with van der Waals surface area (Å²) >= 11 is 5.82. The lowest BCUT2D eigenvalue weighted by molar-refractivity contribution is 0.503. The summed E-state index contributed by atoms with van der Waals surface area (Å²) in [7, 11) is 0. The Morgan fingerprint density at radius 3 is 2.65 bits per heavy atom. The largest absolute Gasteiger partial charge is 0.407 e. The summed E-state index contributed by atoms with van der Waals surface area (Å²) < 4.78 is 5.26. The number of halogens is 1. The number of aromatic nitrogens is 2. The van der Waals surface area contributed by atoms with E-state index in [0.29, 0.717) is 16.9 Å². The van der Waals surface area contributed by atoms with E-state index in [2.05, 4.69) is 15.5 Å². The van der Waals surface area contributed by atoms with E-state index in [0.717, 1.165) is 5.56 Å². The monoisotopic (exact) mass is 252 g/mol. The molecule has 1 heterocycles. The van der Waals surface area contributed by atoms with Crippen molar-refractivity contribution in [2.24, 2.45) is 5.73 Å². The number of anilines is 1. The van der Waals surface area contributed by atoms with Gasteiger partial charge in [-0.25, -0.2) is 0 Å². The number of nitrogens with one attached hydrogen (secondary N) is 1. The molecule has 0 aliphatic carbocycles. The van der Waals surface area contributed by atoms with Gasteiger partial charge in [-0.05, 0) is 24.6 Å². The lowest BCUT2D eigenvalue weighted by Crippen LogP contribution is -2.06. The summed E-state index contributed by atoms with van der Waals surface area (Å²) in [4.78, 5) is 0. The van der Waals surface area contributed by atoms with Crippen molar-refractivity contribution in [3.8, 4) is 0 Å². The molecule has 0 aliphatic rings. The number of nitrogens with zero attached hydrogens (tertiary/aromatic N) is 2. The van der Waals surface area contributed by atoms with Gasteiger partial charge < -0.3 is 15.5 Å². The maximum absolute atomic E-state index is 5.82. The van der Waals surface area contributed by atoms with Gasteiger partial charge in [0.05, 0.1) is 12.6 Å². The molecule has 0 bridgehead atoms. The summed E-state index contributed by atoms with van der Waals surface area (Å²) in [5, 5.41) is 11.4. The van der Waals surface area contributed by atoms with Crippen molar-refractivity contribution < 1.29 is 4.42 Å². The topological polar surface area (TPSA) is 77.0 Å². The Morgan fingerprint density at radius 2 is 2.06 bits per heavy atom. The minimum atomic E-state index is 0.0540. The summed E-state index contributed by atoms with van der Waals surface area (Å²) in [5.74, 6) is 0.413. The van der Waals surface area contributed by atoms with E-state index in [-0.39, 0.29) is 12.6 Å². The van der Waals surface area contributed by atoms with Crippen LogP contribution in [0.1, 0.15) is 24.4 Å². The van der Waals surface area contributed by atoms with Crippen LogP contribution >= 0.6 is 11.6 Å². The number of nitrogens with two attached hydrogens (primary N) is 1. The van der Waals surface area contributed by atoms with Crippen molar-refractivity contribution in [1.82, 2.24) is 10.2 Å². The van der Waals surface area contributed by atoms with Gasteiger partial charge in [-0.1, -0.05) is 28.8 Å². The molecule has 1 unspecified atom stereocenters. The number of hydrogen-bond acceptors (Lipinski definition) is 5. The maximum atomic E-state index is 5.82. The third-order valence-corrected chi connectivity index (χ3v) is 2.60. The molecule has 0 fully saturated rings. The average Bonchev–Trinajstić information content (AvgIpc) is 2.77. The Balaban J connectivity index is 2.05. The quantitative estimate of drug-likeness (QED) is 0.874. The molecule has 6 heteroatoms. The zero-order valence-corrected chi connectivity index (χ0v) is 10.1. The standard InChI is InChI=1S/C11H13ClN4O/c1-7(8-2-4-9(12)5-3-8)14-11-16-15-10(6-13)17-11/h2-5,7H,6,13H2,1H3,(H,14,16). The zero-order chi connectivity index (χ0) is 12.3. The maximum Gasteiger partial charge on any atom is 0.315 e. The minimum Gasteiger partial charge on any atom is -0.407 e. The molecule has 0 amide bonds. The summed E-state index contributed by atoms with van der Waals surface area (Å²) in [6, 6.07) is 7.99. The first-order valence-electron chi connectivity index (χ1n) is 5.23. The summed E-state index contributed by atoms with van der Waals surface area (Å²) in [6.45, 7) is 2.24. The lowest BCUT2D eigenvalue weighted by Gasteiger charge is -2.11. The van der Waals surface area contributed by atoms with E-state index in [1.54, 1.807) is 0 Å². The molecule has 5 nitrogen and oxygen atoms in total. The van der Waals surface area contributed by atoms with Crippen molar-refractivity contribution >= 4 is 17.6 Å². The molecule has 0 saturated heterocycles. The fourth-order valence-electron chi connectivity index (χ4n) is 1.41. The van der Waals surface area contributed by atoms with Crippen molar-refractivity contribution in [2.45, 2.75) is 19.5 Å². The highest BCUT2D eigenvalue weighted by Crippen LogP contribution is 2.20. The highest BCUT2D eigenvalue weighted by atomic mass is 35.5. The summed E-state index contributed by atoms with van der Waals surface area (Å²) in [5.41, 5.74) is 6.47. The second-order valence-corrected chi connectivity index (χ2v) is 4.06. The molecule has 3 N–H and O–H groups in total. The van der Waals surface area contributed by atoms with Gasteiger partial charge in [0.15, 0.2) is 0 Å². The normalized spacial score (nSPS) is 12.4. The Labute approximate surface area is 104 Å². The Hall–Kier alpha value is -1.59. The first-order valence-corrected chi connectivity index (χ1v) is 5.61. The van der Waals surface area contributed by atoms with Crippen molar-refractivity contribution in [1.29, 1.82) is 0 Å². The van der Waals surface area contributed by atoms with Crippen LogP contribution in [0.5, 0.6) is 0 Å². The predicted molar refractivity (Wildman–Crippen MR) is 65.7 cm³/mol. The van der Waals surface area contributed by atoms with Crippen LogP contribution in [-0.2, 0) is 6.54 Å². The third-order valence-electron chi connectivity index (χ3n) is 2.35. The molecule has 1 atom stereocenters. The van der Waals surface area contributed by atoms with Gasteiger partial charge in [-0.2, -0.15) is 0 Å². The van der Waals surface area contributed by atoms with E-state index < -0.39 is 0 Å². The molecule has 1 aromatic carbocycles. The van der Waals surface area contributed by atoms with E-state index >= 15 is 0 Å². The second-order valence-electron chi connectivity index (χ2n) is 3.62. The van der Waals surface area contributed by atoms with Gasteiger partial charge >= 0.3 is 6.01 Å². The smallest absolute Gasteiger partial charge is 0.315 e. The van der Waals surface area contributed by atoms with Gasteiger partial charge in [-0.3, -0.25) is 0 Å². The van der Waals surface area contributed by atoms with Crippen LogP contribution in [0.4, 0.5) is 6.01 Å². The van der Waals surface area contributed by atoms with Crippen LogP contribution in [0.3, 0.4) is 0 Å². The van der Waals surface area contributed by atoms with Crippen LogP contribution in [0.15, 0.2) is 28.7 Å². The number of hydrogen-bond donors (Lipinski definition) is 2. The molecule has 0 spiro atoms. The Morgan fingerprint density at radius 1 is 1.35 bits per heavy atom.